The number of amides is 1. The fraction of sp³-hybridized carbons (Fsp3) is 0.267. The number of hydrogen-bond acceptors (Lipinski definition) is 4. The average molecular weight is 288 g/mol. The number of rotatable bonds is 5. The van der Waals surface area contributed by atoms with Crippen molar-refractivity contribution in [1.82, 2.24) is 9.97 Å². The van der Waals surface area contributed by atoms with E-state index >= 15 is 0 Å². The number of nitrogens with one attached hydrogen (secondary N) is 1. The molecule has 0 saturated heterocycles. The predicted octanol–water partition coefficient (Wildman–Crippen LogP) is 2.71. The van der Waals surface area contributed by atoms with Crippen LogP contribution in [0.2, 0.25) is 0 Å². The summed E-state index contributed by atoms with van der Waals surface area (Å²) in [5.41, 5.74) is 0.574. The van der Waals surface area contributed by atoms with Crippen molar-refractivity contribution in [3.8, 4) is 0 Å². The van der Waals surface area contributed by atoms with Gasteiger partial charge in [-0.25, -0.2) is 9.97 Å². The van der Waals surface area contributed by atoms with Gasteiger partial charge in [0, 0.05) is 13.1 Å². The largest absolute Gasteiger partial charge is 0.357 e. The summed E-state index contributed by atoms with van der Waals surface area (Å²) in [6, 6.07) is 7.69. The number of anilines is 2. The molecule has 0 bridgehead atoms. The molecule has 2 heterocycles. The first-order chi connectivity index (χ1) is 10.1. The highest BCUT2D eigenvalue weighted by Gasteiger charge is 2.09. The van der Waals surface area contributed by atoms with E-state index in [4.69, 9.17) is 0 Å². The number of hydrogen-bond donors (Lipinski definition) is 1. The second-order valence-corrected chi connectivity index (χ2v) is 4.38. The Morgan fingerprint density at radius 3 is 2.57 bits per heavy atom. The summed E-state index contributed by atoms with van der Waals surface area (Å²) in [6.07, 6.45) is 1.57. The fourth-order valence-corrected chi connectivity index (χ4v) is 1.92. The van der Waals surface area contributed by atoms with E-state index in [9.17, 15) is 9.18 Å². The summed E-state index contributed by atoms with van der Waals surface area (Å²) in [6.45, 7) is 5.83. The van der Waals surface area contributed by atoms with Crippen molar-refractivity contribution in [3.05, 3.63) is 48.2 Å². The molecule has 0 aliphatic rings. The molecule has 0 spiro atoms. The van der Waals surface area contributed by atoms with Gasteiger partial charge in [-0.15, -0.1) is 0 Å². The normalized spacial score (nSPS) is 10.2. The van der Waals surface area contributed by atoms with E-state index in [2.05, 4.69) is 34.0 Å². The summed E-state index contributed by atoms with van der Waals surface area (Å²) < 4.78 is 13.0. The SMILES string of the molecule is CCN(CC)c1ccc(NC(=O)c2cccc(F)n2)cn1. The van der Waals surface area contributed by atoms with Crippen molar-refractivity contribution < 1.29 is 9.18 Å². The van der Waals surface area contributed by atoms with Crippen molar-refractivity contribution in [2.75, 3.05) is 23.3 Å². The standard InChI is InChI=1S/C15H17FN4O/c1-3-20(4-2)14-9-8-11(10-17-14)18-15(21)12-6-5-7-13(16)19-12/h5-10H,3-4H2,1-2H3,(H,18,21). The van der Waals surface area contributed by atoms with Gasteiger partial charge in [-0.3, -0.25) is 4.79 Å². The Balaban J connectivity index is 2.08. The molecule has 21 heavy (non-hydrogen) atoms. The molecule has 2 aromatic rings. The molecule has 0 saturated carbocycles. The smallest absolute Gasteiger partial charge is 0.274 e. The zero-order valence-corrected chi connectivity index (χ0v) is 12.0. The Morgan fingerprint density at radius 1 is 1.24 bits per heavy atom. The second kappa shape index (κ2) is 6.78. The second-order valence-electron chi connectivity index (χ2n) is 4.38. The van der Waals surface area contributed by atoms with E-state index in [1.165, 1.54) is 18.2 Å². The molecular weight excluding hydrogens is 271 g/mol. The van der Waals surface area contributed by atoms with Gasteiger partial charge in [0.2, 0.25) is 5.95 Å². The van der Waals surface area contributed by atoms with Crippen LogP contribution in [0.5, 0.6) is 0 Å². The first-order valence-electron chi connectivity index (χ1n) is 6.79. The van der Waals surface area contributed by atoms with Gasteiger partial charge < -0.3 is 10.2 Å². The van der Waals surface area contributed by atoms with Crippen LogP contribution in [-0.2, 0) is 0 Å². The highest BCUT2D eigenvalue weighted by Crippen LogP contribution is 2.14. The topological polar surface area (TPSA) is 58.1 Å². The lowest BCUT2D eigenvalue weighted by atomic mass is 10.3. The highest BCUT2D eigenvalue weighted by atomic mass is 19.1. The molecule has 2 rings (SSSR count). The molecule has 0 unspecified atom stereocenters. The maximum absolute atomic E-state index is 13.0. The number of carbonyl (C=O) groups excluding carboxylic acids is 1. The van der Waals surface area contributed by atoms with Gasteiger partial charge in [0.05, 0.1) is 11.9 Å². The lowest BCUT2D eigenvalue weighted by molar-refractivity contribution is 0.102. The van der Waals surface area contributed by atoms with Gasteiger partial charge in [-0.1, -0.05) is 6.07 Å². The summed E-state index contributed by atoms with van der Waals surface area (Å²) in [5.74, 6) is -0.300. The van der Waals surface area contributed by atoms with Crippen LogP contribution in [0.4, 0.5) is 15.9 Å². The zero-order chi connectivity index (χ0) is 15.2. The van der Waals surface area contributed by atoms with E-state index in [-0.39, 0.29) is 5.69 Å². The molecule has 0 atom stereocenters. The Labute approximate surface area is 122 Å². The van der Waals surface area contributed by atoms with Gasteiger partial charge in [-0.05, 0) is 38.1 Å². The first-order valence-corrected chi connectivity index (χ1v) is 6.79. The molecule has 0 aliphatic carbocycles. The van der Waals surface area contributed by atoms with Crippen molar-refractivity contribution in [2.24, 2.45) is 0 Å². The first kappa shape index (κ1) is 14.9. The number of carbonyl (C=O) groups is 1. The lowest BCUT2D eigenvalue weighted by Gasteiger charge is -2.19. The van der Waals surface area contributed by atoms with Gasteiger partial charge in [-0.2, -0.15) is 4.39 Å². The molecule has 2 aromatic heterocycles. The van der Waals surface area contributed by atoms with E-state index in [1.807, 2.05) is 6.07 Å². The third kappa shape index (κ3) is 3.75. The Bertz CT molecular complexity index is 611. The number of nitrogens with zero attached hydrogens (tertiary/aromatic N) is 3. The van der Waals surface area contributed by atoms with E-state index < -0.39 is 11.9 Å². The molecule has 1 amide bonds. The van der Waals surface area contributed by atoms with Crippen molar-refractivity contribution in [2.45, 2.75) is 13.8 Å². The Morgan fingerprint density at radius 2 is 2.00 bits per heavy atom. The number of aromatic nitrogens is 2. The van der Waals surface area contributed by atoms with Crippen LogP contribution in [0, 0.1) is 5.95 Å². The minimum absolute atomic E-state index is 0.0304. The average Bonchev–Trinajstić information content (AvgIpc) is 2.50. The molecule has 110 valence electrons. The van der Waals surface area contributed by atoms with Gasteiger partial charge in [0.15, 0.2) is 0 Å². The Kier molecular flexibility index (Phi) is 4.81. The van der Waals surface area contributed by atoms with Crippen LogP contribution >= 0.6 is 0 Å². The molecule has 1 N–H and O–H groups in total. The minimum Gasteiger partial charge on any atom is -0.357 e. The molecular formula is C15H17FN4O. The lowest BCUT2D eigenvalue weighted by Crippen LogP contribution is -2.23. The van der Waals surface area contributed by atoms with Crippen molar-refractivity contribution >= 4 is 17.4 Å². The molecule has 0 radical (unpaired) electrons. The molecule has 6 heteroatoms. The van der Waals surface area contributed by atoms with Gasteiger partial charge in [0.1, 0.15) is 11.5 Å². The maximum atomic E-state index is 13.0. The van der Waals surface area contributed by atoms with Crippen LogP contribution in [0.15, 0.2) is 36.5 Å². The number of pyridine rings is 2. The quantitative estimate of drug-likeness (QED) is 0.859. The summed E-state index contributed by atoms with van der Waals surface area (Å²) >= 11 is 0. The minimum atomic E-state index is -0.683. The highest BCUT2D eigenvalue weighted by molar-refractivity contribution is 6.02. The Hall–Kier alpha value is -2.50. The van der Waals surface area contributed by atoms with Crippen molar-refractivity contribution in [3.63, 3.8) is 0 Å². The van der Waals surface area contributed by atoms with Crippen molar-refractivity contribution in [1.29, 1.82) is 0 Å². The van der Waals surface area contributed by atoms with E-state index in [0.29, 0.717) is 5.69 Å². The maximum Gasteiger partial charge on any atom is 0.274 e. The molecule has 0 fully saturated rings. The van der Waals surface area contributed by atoms with Crippen LogP contribution in [0.25, 0.3) is 0 Å². The molecule has 0 aliphatic heterocycles. The zero-order valence-electron chi connectivity index (χ0n) is 12.0. The monoisotopic (exact) mass is 288 g/mol. The molecule has 0 aromatic carbocycles. The fourth-order valence-electron chi connectivity index (χ4n) is 1.92. The summed E-state index contributed by atoms with van der Waals surface area (Å²) in [5, 5.41) is 2.64. The summed E-state index contributed by atoms with van der Waals surface area (Å²) in [4.78, 5) is 21.9. The summed E-state index contributed by atoms with van der Waals surface area (Å²) in [7, 11) is 0. The van der Waals surface area contributed by atoms with Gasteiger partial charge >= 0.3 is 0 Å². The van der Waals surface area contributed by atoms with E-state index in [0.717, 1.165) is 18.9 Å². The van der Waals surface area contributed by atoms with Crippen LogP contribution in [0.3, 0.4) is 0 Å². The van der Waals surface area contributed by atoms with Gasteiger partial charge in [0.25, 0.3) is 5.91 Å². The third-order valence-electron chi connectivity index (χ3n) is 3.04. The predicted molar refractivity (Wildman–Crippen MR) is 79.9 cm³/mol. The van der Waals surface area contributed by atoms with E-state index in [1.54, 1.807) is 12.3 Å². The third-order valence-corrected chi connectivity index (χ3v) is 3.04. The molecule has 5 nitrogen and oxygen atoms in total. The number of halogens is 1. The van der Waals surface area contributed by atoms with Crippen LogP contribution < -0.4 is 10.2 Å². The van der Waals surface area contributed by atoms with Crippen LogP contribution in [-0.4, -0.2) is 29.0 Å². The van der Waals surface area contributed by atoms with Crippen LogP contribution in [0.1, 0.15) is 24.3 Å².